The highest BCUT2D eigenvalue weighted by molar-refractivity contribution is 5.76. The van der Waals surface area contributed by atoms with E-state index < -0.39 is 0 Å². The topological polar surface area (TPSA) is 50.4 Å². The van der Waals surface area contributed by atoms with Crippen LogP contribution < -0.4 is 15.4 Å². The van der Waals surface area contributed by atoms with Crippen LogP contribution in [0, 0.1) is 5.92 Å². The highest BCUT2D eigenvalue weighted by atomic mass is 16.5. The molecule has 3 unspecified atom stereocenters. The Morgan fingerprint density at radius 3 is 2.62 bits per heavy atom. The Morgan fingerprint density at radius 2 is 1.96 bits per heavy atom. The first-order valence-electron chi connectivity index (χ1n) is 9.31. The van der Waals surface area contributed by atoms with Crippen LogP contribution in [0.15, 0.2) is 24.3 Å². The van der Waals surface area contributed by atoms with E-state index in [1.165, 1.54) is 12.8 Å². The van der Waals surface area contributed by atoms with Gasteiger partial charge in [-0.2, -0.15) is 0 Å². The van der Waals surface area contributed by atoms with Gasteiger partial charge in [-0.15, -0.1) is 0 Å². The van der Waals surface area contributed by atoms with E-state index in [0.717, 1.165) is 24.2 Å². The van der Waals surface area contributed by atoms with Crippen molar-refractivity contribution in [1.29, 1.82) is 0 Å². The molecule has 3 rings (SSSR count). The molecule has 132 valence electrons. The van der Waals surface area contributed by atoms with Crippen molar-refractivity contribution in [2.24, 2.45) is 5.92 Å². The monoisotopic (exact) mass is 330 g/mol. The number of ether oxygens (including phenoxy) is 1. The van der Waals surface area contributed by atoms with Crippen LogP contribution in [0.5, 0.6) is 5.75 Å². The lowest BCUT2D eigenvalue weighted by atomic mass is 9.89. The molecule has 2 N–H and O–H groups in total. The van der Waals surface area contributed by atoms with Gasteiger partial charge in [0.1, 0.15) is 5.75 Å². The van der Waals surface area contributed by atoms with Crippen molar-refractivity contribution in [3.05, 3.63) is 29.8 Å². The maximum atomic E-state index is 12.4. The summed E-state index contributed by atoms with van der Waals surface area (Å²) < 4.78 is 5.74. The molecule has 0 saturated carbocycles. The summed E-state index contributed by atoms with van der Waals surface area (Å²) in [5, 5.41) is 6.80. The Labute approximate surface area is 145 Å². The molecule has 2 fully saturated rings. The molecule has 0 aromatic heterocycles. The molecule has 0 aliphatic carbocycles. The lowest BCUT2D eigenvalue weighted by Crippen LogP contribution is -2.40. The minimum absolute atomic E-state index is 0.00616. The first kappa shape index (κ1) is 17.3. The number of hydrogen-bond donors (Lipinski definition) is 2. The summed E-state index contributed by atoms with van der Waals surface area (Å²) in [6.07, 6.45) is 5.66. The zero-order chi connectivity index (χ0) is 17.1. The Hall–Kier alpha value is -1.55. The number of hydrogen-bond acceptors (Lipinski definition) is 3. The van der Waals surface area contributed by atoms with Crippen LogP contribution in [-0.2, 0) is 4.79 Å². The third kappa shape index (κ3) is 4.50. The van der Waals surface area contributed by atoms with Crippen LogP contribution in [0.25, 0.3) is 0 Å². The van der Waals surface area contributed by atoms with Gasteiger partial charge in [-0.3, -0.25) is 4.79 Å². The van der Waals surface area contributed by atoms with Gasteiger partial charge in [0.05, 0.1) is 12.1 Å². The highest BCUT2D eigenvalue weighted by Gasteiger charge is 2.34. The fraction of sp³-hybridized carbons (Fsp3) is 0.650. The third-order valence-corrected chi connectivity index (χ3v) is 5.15. The van der Waals surface area contributed by atoms with E-state index >= 15 is 0 Å². The van der Waals surface area contributed by atoms with Crippen molar-refractivity contribution in [3.63, 3.8) is 0 Å². The molecule has 2 aliphatic rings. The maximum absolute atomic E-state index is 12.4. The second-order valence-electron chi connectivity index (χ2n) is 7.71. The molecule has 24 heavy (non-hydrogen) atoms. The molecule has 1 amide bonds. The minimum atomic E-state index is 0.00616. The zero-order valence-electron chi connectivity index (χ0n) is 15.0. The van der Waals surface area contributed by atoms with Crippen LogP contribution in [-0.4, -0.2) is 24.1 Å². The van der Waals surface area contributed by atoms with Crippen molar-refractivity contribution >= 4 is 5.91 Å². The number of benzene rings is 1. The Bertz CT molecular complexity index is 561. The van der Waals surface area contributed by atoms with Crippen LogP contribution in [0.4, 0.5) is 0 Å². The average Bonchev–Trinajstić information content (AvgIpc) is 2.85. The molecule has 4 heteroatoms. The highest BCUT2D eigenvalue weighted by Crippen LogP contribution is 2.32. The van der Waals surface area contributed by atoms with E-state index in [0.29, 0.717) is 24.4 Å². The summed E-state index contributed by atoms with van der Waals surface area (Å²) in [4.78, 5) is 12.4. The van der Waals surface area contributed by atoms with E-state index in [4.69, 9.17) is 4.74 Å². The fourth-order valence-corrected chi connectivity index (χ4v) is 4.12. The molecule has 3 atom stereocenters. The second kappa shape index (κ2) is 7.56. The Balaban J connectivity index is 1.52. The first-order chi connectivity index (χ1) is 11.5. The number of carbonyl (C=O) groups excluding carboxylic acids is 1. The lowest BCUT2D eigenvalue weighted by Gasteiger charge is -2.29. The molecule has 2 aliphatic heterocycles. The van der Waals surface area contributed by atoms with Gasteiger partial charge in [-0.25, -0.2) is 0 Å². The predicted molar refractivity (Wildman–Crippen MR) is 96.1 cm³/mol. The second-order valence-corrected chi connectivity index (χ2v) is 7.71. The first-order valence-corrected chi connectivity index (χ1v) is 9.31. The zero-order valence-corrected chi connectivity index (χ0v) is 15.0. The van der Waals surface area contributed by atoms with Gasteiger partial charge in [0.25, 0.3) is 0 Å². The van der Waals surface area contributed by atoms with Crippen molar-refractivity contribution in [3.8, 4) is 5.75 Å². The normalized spacial score (nSPS) is 27.1. The Kier molecular flexibility index (Phi) is 5.44. The number of rotatable bonds is 6. The molecule has 2 saturated heterocycles. The molecular formula is C20H30N2O2. The van der Waals surface area contributed by atoms with E-state index in [2.05, 4.69) is 10.6 Å². The van der Waals surface area contributed by atoms with E-state index in [-0.39, 0.29) is 18.1 Å². The third-order valence-electron chi connectivity index (χ3n) is 5.15. The smallest absolute Gasteiger partial charge is 0.220 e. The summed E-state index contributed by atoms with van der Waals surface area (Å²) in [5.74, 6) is 1.56. The predicted octanol–water partition coefficient (Wildman–Crippen LogP) is 3.57. The number of piperidine rings is 1. The standard InChI is InChI=1S/C20H30N2O2/c1-13(2)24-19-6-4-5-16(12-19)14(3)21-20(23)11-15-9-17-7-8-18(10-15)22-17/h4-6,12-15,17-18,22H,7-11H2,1-3H3,(H,21,23). The van der Waals surface area contributed by atoms with E-state index in [1.807, 2.05) is 45.0 Å². The summed E-state index contributed by atoms with van der Waals surface area (Å²) in [6.45, 7) is 6.08. The van der Waals surface area contributed by atoms with Gasteiger partial charge in [0, 0.05) is 18.5 Å². The van der Waals surface area contributed by atoms with Crippen LogP contribution in [0.3, 0.4) is 0 Å². The molecule has 1 aromatic rings. The van der Waals surface area contributed by atoms with Crippen LogP contribution >= 0.6 is 0 Å². The molecule has 4 nitrogen and oxygen atoms in total. The number of carbonyl (C=O) groups is 1. The number of fused-ring (bicyclic) bond motifs is 2. The fourth-order valence-electron chi connectivity index (χ4n) is 4.12. The summed E-state index contributed by atoms with van der Waals surface area (Å²) >= 11 is 0. The summed E-state index contributed by atoms with van der Waals surface area (Å²) in [5.41, 5.74) is 1.09. The van der Waals surface area contributed by atoms with Gasteiger partial charge in [-0.1, -0.05) is 12.1 Å². The van der Waals surface area contributed by atoms with Crippen LogP contribution in [0.2, 0.25) is 0 Å². The van der Waals surface area contributed by atoms with E-state index in [1.54, 1.807) is 0 Å². The van der Waals surface area contributed by atoms with Crippen molar-refractivity contribution in [2.75, 3.05) is 0 Å². The van der Waals surface area contributed by atoms with Gasteiger partial charge >= 0.3 is 0 Å². The largest absolute Gasteiger partial charge is 0.491 e. The maximum Gasteiger partial charge on any atom is 0.220 e. The quantitative estimate of drug-likeness (QED) is 0.838. The van der Waals surface area contributed by atoms with Gasteiger partial charge < -0.3 is 15.4 Å². The molecule has 2 bridgehead atoms. The van der Waals surface area contributed by atoms with Gasteiger partial charge in [-0.05, 0) is 70.1 Å². The summed E-state index contributed by atoms with van der Waals surface area (Å²) in [6, 6.07) is 9.31. The summed E-state index contributed by atoms with van der Waals surface area (Å²) in [7, 11) is 0. The molecule has 1 aromatic carbocycles. The minimum Gasteiger partial charge on any atom is -0.491 e. The van der Waals surface area contributed by atoms with E-state index in [9.17, 15) is 4.79 Å². The van der Waals surface area contributed by atoms with Gasteiger partial charge in [0.2, 0.25) is 5.91 Å². The molecule has 0 spiro atoms. The molecule has 0 radical (unpaired) electrons. The lowest BCUT2D eigenvalue weighted by molar-refractivity contribution is -0.122. The Morgan fingerprint density at radius 1 is 1.25 bits per heavy atom. The number of amides is 1. The number of nitrogens with one attached hydrogen (secondary N) is 2. The van der Waals surface area contributed by atoms with Crippen molar-refractivity contribution < 1.29 is 9.53 Å². The van der Waals surface area contributed by atoms with Gasteiger partial charge in [0.15, 0.2) is 0 Å². The van der Waals surface area contributed by atoms with Crippen molar-refractivity contribution in [2.45, 2.75) is 77.1 Å². The SMILES string of the molecule is CC(C)Oc1cccc(C(C)NC(=O)CC2CC3CCC(C2)N3)c1. The van der Waals surface area contributed by atoms with Crippen LogP contribution in [0.1, 0.15) is 64.5 Å². The molecule has 2 heterocycles. The van der Waals surface area contributed by atoms with Crippen molar-refractivity contribution in [1.82, 2.24) is 10.6 Å². The average molecular weight is 330 g/mol. The molecular weight excluding hydrogens is 300 g/mol.